The molecule has 0 aromatic heterocycles. The predicted octanol–water partition coefficient (Wildman–Crippen LogP) is 2.41. The van der Waals surface area contributed by atoms with E-state index < -0.39 is 0 Å². The molecule has 0 radical (unpaired) electrons. The number of hydrogen-bond donors (Lipinski definition) is 1. The van der Waals surface area contributed by atoms with E-state index in [1.165, 1.54) is 16.7 Å². The van der Waals surface area contributed by atoms with Gasteiger partial charge in [0.15, 0.2) is 0 Å². The molecule has 3 nitrogen and oxygen atoms in total. The Morgan fingerprint density at radius 1 is 1.32 bits per heavy atom. The Balaban J connectivity index is 1.88. The third-order valence-corrected chi connectivity index (χ3v) is 3.75. The van der Waals surface area contributed by atoms with Crippen LogP contribution in [0, 0.1) is 13.8 Å². The highest BCUT2D eigenvalue weighted by Crippen LogP contribution is 2.18. The minimum Gasteiger partial charge on any atom is -0.376 e. The molecule has 2 unspecified atom stereocenters. The molecule has 0 amide bonds. The maximum absolute atomic E-state index is 6.33. The van der Waals surface area contributed by atoms with Gasteiger partial charge >= 0.3 is 0 Å². The molecular formula is C16H26N2O. The highest BCUT2D eigenvalue weighted by atomic mass is 16.5. The van der Waals surface area contributed by atoms with Crippen molar-refractivity contribution in [2.24, 2.45) is 5.73 Å². The van der Waals surface area contributed by atoms with E-state index in [9.17, 15) is 0 Å². The maximum atomic E-state index is 6.33. The summed E-state index contributed by atoms with van der Waals surface area (Å²) in [4.78, 5) is 2.46. The Morgan fingerprint density at radius 3 is 2.63 bits per heavy atom. The fraction of sp³-hybridized carbons (Fsp3) is 0.625. The summed E-state index contributed by atoms with van der Waals surface area (Å²) in [6.07, 6.45) is 1.36. The highest BCUT2D eigenvalue weighted by Gasteiger charge is 2.17. The Kier molecular flexibility index (Phi) is 4.97. The van der Waals surface area contributed by atoms with Crippen molar-refractivity contribution in [2.75, 3.05) is 26.2 Å². The van der Waals surface area contributed by atoms with Gasteiger partial charge in [-0.05, 0) is 32.8 Å². The lowest BCUT2D eigenvalue weighted by Gasteiger charge is -2.31. The van der Waals surface area contributed by atoms with E-state index in [2.05, 4.69) is 43.9 Å². The van der Waals surface area contributed by atoms with E-state index in [4.69, 9.17) is 10.5 Å². The molecule has 0 aliphatic carbocycles. The standard InChI is InChI=1S/C16H26N2O/c1-12-8-13(2)10-15(9-12)16(17)4-5-18-6-7-19-14(3)11-18/h8-10,14,16H,4-7,11,17H2,1-3H3. The normalized spacial score (nSPS) is 22.4. The van der Waals surface area contributed by atoms with Gasteiger partial charge in [0.1, 0.15) is 0 Å². The molecular weight excluding hydrogens is 236 g/mol. The lowest BCUT2D eigenvalue weighted by Crippen LogP contribution is -2.42. The van der Waals surface area contributed by atoms with Crippen LogP contribution in [0.1, 0.15) is 36.1 Å². The molecule has 1 fully saturated rings. The second-order valence-electron chi connectivity index (χ2n) is 5.80. The van der Waals surface area contributed by atoms with Gasteiger partial charge in [-0.3, -0.25) is 4.90 Å². The first-order valence-corrected chi connectivity index (χ1v) is 7.22. The zero-order valence-electron chi connectivity index (χ0n) is 12.4. The quantitative estimate of drug-likeness (QED) is 0.905. The molecule has 1 heterocycles. The average molecular weight is 262 g/mol. The summed E-state index contributed by atoms with van der Waals surface area (Å²) >= 11 is 0. The van der Waals surface area contributed by atoms with Crippen LogP contribution in [0.2, 0.25) is 0 Å². The number of hydrogen-bond acceptors (Lipinski definition) is 3. The molecule has 106 valence electrons. The van der Waals surface area contributed by atoms with Crippen molar-refractivity contribution in [1.82, 2.24) is 4.90 Å². The van der Waals surface area contributed by atoms with E-state index in [0.717, 1.165) is 32.7 Å². The van der Waals surface area contributed by atoms with Gasteiger partial charge in [-0.2, -0.15) is 0 Å². The van der Waals surface area contributed by atoms with Crippen molar-refractivity contribution >= 4 is 0 Å². The molecule has 1 aromatic carbocycles. The van der Waals surface area contributed by atoms with Crippen molar-refractivity contribution in [3.8, 4) is 0 Å². The summed E-state index contributed by atoms with van der Waals surface area (Å²) in [5.74, 6) is 0. The first-order valence-electron chi connectivity index (χ1n) is 7.22. The smallest absolute Gasteiger partial charge is 0.0674 e. The molecule has 2 atom stereocenters. The topological polar surface area (TPSA) is 38.5 Å². The Morgan fingerprint density at radius 2 is 2.00 bits per heavy atom. The van der Waals surface area contributed by atoms with Crippen molar-refractivity contribution in [1.29, 1.82) is 0 Å². The number of ether oxygens (including phenoxy) is 1. The third kappa shape index (κ3) is 4.30. The minimum absolute atomic E-state index is 0.136. The van der Waals surface area contributed by atoms with Crippen LogP contribution in [-0.4, -0.2) is 37.2 Å². The molecule has 1 aliphatic rings. The number of nitrogens with two attached hydrogens (primary N) is 1. The summed E-state index contributed by atoms with van der Waals surface area (Å²) in [5, 5.41) is 0. The van der Waals surface area contributed by atoms with Crippen LogP contribution < -0.4 is 5.73 Å². The highest BCUT2D eigenvalue weighted by molar-refractivity contribution is 5.30. The Labute approximate surface area is 116 Å². The zero-order valence-corrected chi connectivity index (χ0v) is 12.4. The monoisotopic (exact) mass is 262 g/mol. The summed E-state index contributed by atoms with van der Waals surface area (Å²) in [6, 6.07) is 6.75. The molecule has 2 N–H and O–H groups in total. The van der Waals surface area contributed by atoms with Crippen LogP contribution in [0.15, 0.2) is 18.2 Å². The number of nitrogens with zero attached hydrogens (tertiary/aromatic N) is 1. The second kappa shape index (κ2) is 6.51. The fourth-order valence-electron chi connectivity index (χ4n) is 2.81. The van der Waals surface area contributed by atoms with Crippen LogP contribution in [-0.2, 0) is 4.74 Å². The number of rotatable bonds is 4. The molecule has 1 aromatic rings. The summed E-state index contributed by atoms with van der Waals surface area (Å²) < 4.78 is 5.56. The maximum Gasteiger partial charge on any atom is 0.0674 e. The Hall–Kier alpha value is -0.900. The lowest BCUT2D eigenvalue weighted by molar-refractivity contribution is -0.0189. The molecule has 0 bridgehead atoms. The van der Waals surface area contributed by atoms with Crippen molar-refractivity contribution < 1.29 is 4.74 Å². The molecule has 19 heavy (non-hydrogen) atoms. The van der Waals surface area contributed by atoms with Gasteiger partial charge in [0.2, 0.25) is 0 Å². The van der Waals surface area contributed by atoms with Crippen LogP contribution >= 0.6 is 0 Å². The van der Waals surface area contributed by atoms with Crippen LogP contribution in [0.4, 0.5) is 0 Å². The molecule has 3 heteroatoms. The van der Waals surface area contributed by atoms with Crippen molar-refractivity contribution in [3.05, 3.63) is 34.9 Å². The fourth-order valence-corrected chi connectivity index (χ4v) is 2.81. The summed E-state index contributed by atoms with van der Waals surface area (Å²) in [6.45, 7) is 10.4. The average Bonchev–Trinajstić information content (AvgIpc) is 2.35. The van der Waals surface area contributed by atoms with Crippen molar-refractivity contribution in [3.63, 3.8) is 0 Å². The van der Waals surface area contributed by atoms with E-state index >= 15 is 0 Å². The van der Waals surface area contributed by atoms with Gasteiger partial charge < -0.3 is 10.5 Å². The number of aryl methyl sites for hydroxylation is 2. The van der Waals surface area contributed by atoms with Gasteiger partial charge in [-0.15, -0.1) is 0 Å². The first-order chi connectivity index (χ1) is 9.04. The third-order valence-electron chi connectivity index (χ3n) is 3.75. The SMILES string of the molecule is Cc1cc(C)cc(C(N)CCN2CCOC(C)C2)c1. The van der Waals surface area contributed by atoms with Gasteiger partial charge in [0, 0.05) is 25.7 Å². The van der Waals surface area contributed by atoms with E-state index in [1.807, 2.05) is 0 Å². The predicted molar refractivity (Wildman–Crippen MR) is 79.3 cm³/mol. The van der Waals surface area contributed by atoms with E-state index in [1.54, 1.807) is 0 Å². The molecule has 0 saturated carbocycles. The summed E-state index contributed by atoms with van der Waals surface area (Å²) in [5.41, 5.74) is 10.2. The Bertz CT molecular complexity index is 399. The molecule has 0 spiro atoms. The van der Waals surface area contributed by atoms with Gasteiger partial charge in [0.05, 0.1) is 12.7 Å². The lowest BCUT2D eigenvalue weighted by atomic mass is 9.99. The number of benzene rings is 1. The molecule has 1 aliphatic heterocycles. The summed E-state index contributed by atoms with van der Waals surface area (Å²) in [7, 11) is 0. The minimum atomic E-state index is 0.136. The number of morpholine rings is 1. The van der Waals surface area contributed by atoms with E-state index in [0.29, 0.717) is 6.10 Å². The van der Waals surface area contributed by atoms with Gasteiger partial charge in [0.25, 0.3) is 0 Å². The largest absolute Gasteiger partial charge is 0.376 e. The van der Waals surface area contributed by atoms with Crippen LogP contribution in [0.3, 0.4) is 0 Å². The first kappa shape index (κ1) is 14.5. The van der Waals surface area contributed by atoms with Gasteiger partial charge in [-0.1, -0.05) is 29.3 Å². The van der Waals surface area contributed by atoms with Crippen LogP contribution in [0.25, 0.3) is 0 Å². The van der Waals surface area contributed by atoms with Crippen molar-refractivity contribution in [2.45, 2.75) is 39.3 Å². The van der Waals surface area contributed by atoms with E-state index in [-0.39, 0.29) is 6.04 Å². The van der Waals surface area contributed by atoms with Crippen LogP contribution in [0.5, 0.6) is 0 Å². The zero-order chi connectivity index (χ0) is 13.8. The second-order valence-corrected chi connectivity index (χ2v) is 5.80. The van der Waals surface area contributed by atoms with Gasteiger partial charge in [-0.25, -0.2) is 0 Å². The molecule has 1 saturated heterocycles. The molecule has 2 rings (SSSR count).